The molecule has 4 atom stereocenters. The molecule has 2 fully saturated rings. The molecule has 2 bridgehead atoms. The van der Waals surface area contributed by atoms with Gasteiger partial charge in [-0.25, -0.2) is 4.90 Å². The summed E-state index contributed by atoms with van der Waals surface area (Å²) in [6.07, 6.45) is -1.02. The molecule has 0 N–H and O–H groups in total. The van der Waals surface area contributed by atoms with Gasteiger partial charge in [-0.1, -0.05) is 18.2 Å². The highest BCUT2D eigenvalue weighted by Gasteiger charge is 2.70. The van der Waals surface area contributed by atoms with Crippen LogP contribution in [0.4, 0.5) is 18.9 Å². The van der Waals surface area contributed by atoms with Crippen LogP contribution in [0.25, 0.3) is 0 Å². The van der Waals surface area contributed by atoms with Crippen molar-refractivity contribution < 1.29 is 27.5 Å². The van der Waals surface area contributed by atoms with Crippen LogP contribution in [0.3, 0.4) is 0 Å². The van der Waals surface area contributed by atoms with Crippen LogP contribution in [0, 0.1) is 11.8 Å². The molecule has 3 aliphatic heterocycles. The van der Waals surface area contributed by atoms with Crippen LogP contribution >= 0.6 is 0 Å². The number of fused-ring (bicyclic) bond motifs is 5. The maximum Gasteiger partial charge on any atom is 0.416 e. The van der Waals surface area contributed by atoms with E-state index in [9.17, 15) is 22.8 Å². The molecule has 2 amide bonds. The lowest BCUT2D eigenvalue weighted by Gasteiger charge is -2.25. The third-order valence-electron chi connectivity index (χ3n) is 5.16. The molecule has 4 unspecified atom stereocenters. The maximum atomic E-state index is 12.9. The van der Waals surface area contributed by atoms with Gasteiger partial charge in [-0.2, -0.15) is 13.2 Å². The van der Waals surface area contributed by atoms with Crippen LogP contribution in [0.5, 0.6) is 0 Å². The minimum absolute atomic E-state index is 0.0548. The second-order valence-corrected chi connectivity index (χ2v) is 6.82. The molecular formula is C17H14F3NO3. The van der Waals surface area contributed by atoms with Gasteiger partial charge in [-0.05, 0) is 32.0 Å². The highest BCUT2D eigenvalue weighted by atomic mass is 19.4. The number of ether oxygens (including phenoxy) is 1. The Morgan fingerprint density at radius 3 is 2.08 bits per heavy atom. The number of hydrogen-bond acceptors (Lipinski definition) is 3. The predicted octanol–water partition coefficient (Wildman–Crippen LogP) is 2.93. The molecule has 1 aromatic rings. The molecule has 0 radical (unpaired) electrons. The van der Waals surface area contributed by atoms with E-state index in [4.69, 9.17) is 4.74 Å². The first kappa shape index (κ1) is 15.4. The molecule has 24 heavy (non-hydrogen) atoms. The first-order valence-corrected chi connectivity index (χ1v) is 7.52. The summed E-state index contributed by atoms with van der Waals surface area (Å²) in [5.41, 5.74) is -2.75. The lowest BCUT2D eigenvalue weighted by Crippen LogP contribution is -2.39. The van der Waals surface area contributed by atoms with Gasteiger partial charge in [0.15, 0.2) is 0 Å². The van der Waals surface area contributed by atoms with Crippen LogP contribution in [-0.4, -0.2) is 23.0 Å². The smallest absolute Gasteiger partial charge is 0.359 e. The van der Waals surface area contributed by atoms with Gasteiger partial charge in [-0.3, -0.25) is 9.59 Å². The minimum atomic E-state index is -4.54. The van der Waals surface area contributed by atoms with Gasteiger partial charge in [0.1, 0.15) is 0 Å². The molecule has 4 rings (SSSR count). The number of carbonyl (C=O) groups is 2. The Labute approximate surface area is 135 Å². The van der Waals surface area contributed by atoms with Crippen LogP contribution in [0.2, 0.25) is 0 Å². The number of amides is 2. The second kappa shape index (κ2) is 4.27. The Morgan fingerprint density at radius 2 is 1.58 bits per heavy atom. The Kier molecular flexibility index (Phi) is 2.74. The summed E-state index contributed by atoms with van der Waals surface area (Å²) in [6, 6.07) is 4.27. The van der Waals surface area contributed by atoms with E-state index in [1.165, 1.54) is 12.1 Å². The van der Waals surface area contributed by atoms with Crippen molar-refractivity contribution in [2.45, 2.75) is 31.2 Å². The van der Waals surface area contributed by atoms with Crippen LogP contribution < -0.4 is 4.90 Å². The van der Waals surface area contributed by atoms with E-state index in [1.807, 2.05) is 0 Å². The monoisotopic (exact) mass is 337 g/mol. The molecule has 2 saturated heterocycles. The summed E-state index contributed by atoms with van der Waals surface area (Å²) in [6.45, 7) is 3.44. The van der Waals surface area contributed by atoms with Crippen molar-refractivity contribution >= 4 is 17.5 Å². The number of imide groups is 1. The van der Waals surface area contributed by atoms with Gasteiger partial charge in [-0.15, -0.1) is 0 Å². The van der Waals surface area contributed by atoms with E-state index in [2.05, 4.69) is 0 Å². The Balaban J connectivity index is 1.78. The number of alkyl halides is 3. The number of nitrogens with zero attached hydrogens (tertiary/aromatic N) is 1. The normalized spacial score (nSPS) is 37.5. The van der Waals surface area contributed by atoms with Gasteiger partial charge in [0.05, 0.1) is 34.3 Å². The van der Waals surface area contributed by atoms with Crippen molar-refractivity contribution in [2.24, 2.45) is 11.8 Å². The fraction of sp³-hybridized carbons (Fsp3) is 0.412. The fourth-order valence-electron chi connectivity index (χ4n) is 4.11. The van der Waals surface area contributed by atoms with Gasteiger partial charge in [0.25, 0.3) is 0 Å². The predicted molar refractivity (Wildman–Crippen MR) is 78.0 cm³/mol. The van der Waals surface area contributed by atoms with E-state index >= 15 is 0 Å². The highest BCUT2D eigenvalue weighted by Crippen LogP contribution is 2.57. The van der Waals surface area contributed by atoms with Crippen molar-refractivity contribution in [1.29, 1.82) is 0 Å². The van der Waals surface area contributed by atoms with Crippen molar-refractivity contribution in [1.82, 2.24) is 0 Å². The lowest BCUT2D eigenvalue weighted by atomic mass is 9.73. The zero-order chi connectivity index (χ0) is 17.5. The van der Waals surface area contributed by atoms with E-state index < -0.39 is 46.6 Å². The number of hydrogen-bond donors (Lipinski definition) is 0. The van der Waals surface area contributed by atoms with E-state index in [-0.39, 0.29) is 5.69 Å². The Morgan fingerprint density at radius 1 is 1.04 bits per heavy atom. The molecule has 4 nitrogen and oxygen atoms in total. The summed E-state index contributed by atoms with van der Waals surface area (Å²) in [4.78, 5) is 26.5. The van der Waals surface area contributed by atoms with Gasteiger partial charge in [0, 0.05) is 0 Å². The molecular weight excluding hydrogens is 323 g/mol. The minimum Gasteiger partial charge on any atom is -0.359 e. The van der Waals surface area contributed by atoms with Crippen LogP contribution in [-0.2, 0) is 20.5 Å². The first-order chi connectivity index (χ1) is 11.1. The van der Waals surface area contributed by atoms with E-state index in [0.29, 0.717) is 0 Å². The van der Waals surface area contributed by atoms with Crippen molar-refractivity contribution in [2.75, 3.05) is 4.90 Å². The van der Waals surface area contributed by atoms with Gasteiger partial charge >= 0.3 is 6.18 Å². The van der Waals surface area contributed by atoms with Crippen LogP contribution in [0.15, 0.2) is 36.4 Å². The number of benzene rings is 1. The highest BCUT2D eigenvalue weighted by molar-refractivity contribution is 6.23. The molecule has 3 heterocycles. The quantitative estimate of drug-likeness (QED) is 0.585. The Hall–Kier alpha value is -2.15. The maximum absolute atomic E-state index is 12.9. The number of halogens is 3. The molecule has 0 aliphatic carbocycles. The third kappa shape index (κ3) is 1.79. The Bertz CT molecular complexity index is 767. The molecule has 0 aromatic heterocycles. The SMILES string of the molecule is CC12C=CC(C)(O1)C1C(=O)N(c3cccc(C(F)(F)F)c3)C(=O)C12. The molecule has 3 aliphatic rings. The number of rotatable bonds is 1. The largest absolute Gasteiger partial charge is 0.416 e. The summed E-state index contributed by atoms with van der Waals surface area (Å²) in [5, 5.41) is 0. The average Bonchev–Trinajstić information content (AvgIpc) is 3.03. The number of anilines is 1. The summed E-state index contributed by atoms with van der Waals surface area (Å²) in [7, 11) is 0. The molecule has 0 saturated carbocycles. The number of carbonyl (C=O) groups excluding carboxylic acids is 2. The van der Waals surface area contributed by atoms with E-state index in [0.717, 1.165) is 17.0 Å². The standard InChI is InChI=1S/C17H14F3NO3/c1-15-6-7-16(2,24-15)12-11(15)13(22)21(14(12)23)10-5-3-4-9(8-10)17(18,19)20/h3-8,11-12H,1-2H3. The third-order valence-corrected chi connectivity index (χ3v) is 5.16. The second-order valence-electron chi connectivity index (χ2n) is 6.82. The van der Waals surface area contributed by atoms with E-state index in [1.54, 1.807) is 26.0 Å². The molecule has 126 valence electrons. The zero-order valence-electron chi connectivity index (χ0n) is 12.9. The van der Waals surface area contributed by atoms with Crippen molar-refractivity contribution in [3.63, 3.8) is 0 Å². The summed E-state index contributed by atoms with van der Waals surface area (Å²) < 4.78 is 44.6. The fourth-order valence-corrected chi connectivity index (χ4v) is 4.11. The lowest BCUT2D eigenvalue weighted by molar-refractivity contribution is -0.138. The van der Waals surface area contributed by atoms with Gasteiger partial charge in [0.2, 0.25) is 11.8 Å². The van der Waals surface area contributed by atoms with Crippen molar-refractivity contribution in [3.8, 4) is 0 Å². The zero-order valence-corrected chi connectivity index (χ0v) is 12.9. The molecule has 1 aromatic carbocycles. The van der Waals surface area contributed by atoms with Crippen LogP contribution in [0.1, 0.15) is 19.4 Å². The molecule has 7 heteroatoms. The summed E-state index contributed by atoms with van der Waals surface area (Å²) >= 11 is 0. The van der Waals surface area contributed by atoms with Crippen molar-refractivity contribution in [3.05, 3.63) is 42.0 Å². The topological polar surface area (TPSA) is 46.6 Å². The van der Waals surface area contributed by atoms with Gasteiger partial charge < -0.3 is 4.74 Å². The summed E-state index contributed by atoms with van der Waals surface area (Å²) in [5.74, 6) is -2.45. The molecule has 0 spiro atoms. The average molecular weight is 337 g/mol. The first-order valence-electron chi connectivity index (χ1n) is 7.52.